The van der Waals surface area contributed by atoms with Gasteiger partial charge in [-0.15, -0.1) is 0 Å². The molecule has 0 spiro atoms. The summed E-state index contributed by atoms with van der Waals surface area (Å²) in [4.78, 5) is 17.4. The Kier molecular flexibility index (Phi) is 4.76. The number of hydrogen-bond acceptors (Lipinski definition) is 3. The van der Waals surface area contributed by atoms with Crippen LogP contribution in [-0.4, -0.2) is 28.6 Å². The van der Waals surface area contributed by atoms with Crippen LogP contribution in [-0.2, 0) is 11.3 Å². The first kappa shape index (κ1) is 12.5. The molecule has 0 fully saturated rings. The molecule has 0 aliphatic heterocycles. The van der Waals surface area contributed by atoms with Crippen molar-refractivity contribution < 1.29 is 9.53 Å². The van der Waals surface area contributed by atoms with Gasteiger partial charge in [-0.3, -0.25) is 4.98 Å². The van der Waals surface area contributed by atoms with Crippen LogP contribution in [0.3, 0.4) is 0 Å². The summed E-state index contributed by atoms with van der Waals surface area (Å²) in [7, 11) is 0. The van der Waals surface area contributed by atoms with Gasteiger partial charge in [0.2, 0.25) is 0 Å². The van der Waals surface area contributed by atoms with Crippen LogP contribution in [0.4, 0.5) is 4.79 Å². The number of carbonyl (C=O) groups is 1. The maximum atomic E-state index is 11.7. The number of rotatable bonds is 4. The highest BCUT2D eigenvalue weighted by molar-refractivity contribution is 5.67. The van der Waals surface area contributed by atoms with Gasteiger partial charge in [-0.05, 0) is 32.4 Å². The molecule has 16 heavy (non-hydrogen) atoms. The molecule has 1 amide bonds. The molecule has 0 aliphatic rings. The number of carbonyl (C=O) groups excluding carboxylic acids is 1. The van der Waals surface area contributed by atoms with Gasteiger partial charge in [0, 0.05) is 18.4 Å². The first-order chi connectivity index (χ1) is 7.65. The van der Waals surface area contributed by atoms with Crippen LogP contribution in [0.5, 0.6) is 0 Å². The molecule has 1 heterocycles. The lowest BCUT2D eigenvalue weighted by molar-refractivity contribution is 0.0929. The van der Waals surface area contributed by atoms with Crippen molar-refractivity contribution in [3.63, 3.8) is 0 Å². The van der Waals surface area contributed by atoms with E-state index in [9.17, 15) is 4.79 Å². The van der Waals surface area contributed by atoms with E-state index in [1.807, 2.05) is 26.0 Å². The predicted molar refractivity (Wildman–Crippen MR) is 61.9 cm³/mol. The van der Waals surface area contributed by atoms with E-state index in [4.69, 9.17) is 4.74 Å². The fourth-order valence-electron chi connectivity index (χ4n) is 1.35. The predicted octanol–water partition coefficient (Wildman–Crippen LogP) is 2.45. The molecule has 0 N–H and O–H groups in total. The number of amides is 1. The lowest BCUT2D eigenvalue weighted by Crippen LogP contribution is -2.36. The molecule has 0 saturated heterocycles. The first-order valence-corrected chi connectivity index (χ1v) is 5.47. The minimum absolute atomic E-state index is 0.110. The van der Waals surface area contributed by atoms with E-state index in [2.05, 4.69) is 4.98 Å². The van der Waals surface area contributed by atoms with Gasteiger partial charge < -0.3 is 9.64 Å². The third-order valence-corrected chi connectivity index (χ3v) is 2.20. The van der Waals surface area contributed by atoms with E-state index < -0.39 is 0 Å². The Labute approximate surface area is 96.2 Å². The Morgan fingerprint density at radius 2 is 2.31 bits per heavy atom. The molecular weight excluding hydrogens is 204 g/mol. The lowest BCUT2D eigenvalue weighted by atomic mass is 10.2. The van der Waals surface area contributed by atoms with E-state index in [0.29, 0.717) is 13.2 Å². The molecule has 0 atom stereocenters. The average molecular weight is 222 g/mol. The highest BCUT2D eigenvalue weighted by atomic mass is 16.6. The number of pyridine rings is 1. The van der Waals surface area contributed by atoms with Crippen molar-refractivity contribution in [2.45, 2.75) is 33.4 Å². The summed E-state index contributed by atoms with van der Waals surface area (Å²) in [6.45, 7) is 6.67. The Morgan fingerprint density at radius 1 is 1.56 bits per heavy atom. The molecule has 0 saturated carbocycles. The zero-order valence-electron chi connectivity index (χ0n) is 10.0. The van der Waals surface area contributed by atoms with Crippen molar-refractivity contribution in [3.05, 3.63) is 30.1 Å². The molecule has 0 bridgehead atoms. The number of aromatic nitrogens is 1. The van der Waals surface area contributed by atoms with Crippen LogP contribution in [0.2, 0.25) is 0 Å². The fraction of sp³-hybridized carbons (Fsp3) is 0.500. The zero-order chi connectivity index (χ0) is 12.0. The summed E-state index contributed by atoms with van der Waals surface area (Å²) < 4.78 is 5.00. The summed E-state index contributed by atoms with van der Waals surface area (Å²) in [5.74, 6) is 0. The van der Waals surface area contributed by atoms with Crippen molar-refractivity contribution in [2.24, 2.45) is 0 Å². The van der Waals surface area contributed by atoms with Crippen molar-refractivity contribution in [3.8, 4) is 0 Å². The minimum atomic E-state index is -0.277. The smallest absolute Gasteiger partial charge is 0.410 e. The molecule has 4 heteroatoms. The maximum absolute atomic E-state index is 11.7. The topological polar surface area (TPSA) is 42.4 Å². The van der Waals surface area contributed by atoms with Crippen LogP contribution < -0.4 is 0 Å². The van der Waals surface area contributed by atoms with Crippen molar-refractivity contribution in [1.29, 1.82) is 0 Å². The number of hydrogen-bond donors (Lipinski definition) is 0. The molecular formula is C12H18N2O2. The summed E-state index contributed by atoms with van der Waals surface area (Å²) in [6, 6.07) is 3.92. The maximum Gasteiger partial charge on any atom is 0.410 e. The Morgan fingerprint density at radius 3 is 2.81 bits per heavy atom. The molecule has 4 nitrogen and oxygen atoms in total. The lowest BCUT2D eigenvalue weighted by Gasteiger charge is -2.25. The van der Waals surface area contributed by atoms with Gasteiger partial charge >= 0.3 is 6.09 Å². The number of nitrogens with zero attached hydrogens (tertiary/aromatic N) is 2. The molecule has 0 unspecified atom stereocenters. The molecule has 1 aromatic rings. The van der Waals surface area contributed by atoms with E-state index in [-0.39, 0.29) is 12.1 Å². The van der Waals surface area contributed by atoms with E-state index in [1.165, 1.54) is 0 Å². The molecule has 1 aromatic heterocycles. The summed E-state index contributed by atoms with van der Waals surface area (Å²) in [6.07, 6.45) is 3.20. The standard InChI is InChI=1S/C12H18N2O2/c1-4-16-12(15)14(10(2)3)9-11-6-5-7-13-8-11/h5-8,10H,4,9H2,1-3H3. The Balaban J connectivity index is 2.69. The second-order valence-electron chi connectivity index (χ2n) is 3.78. The second-order valence-corrected chi connectivity index (χ2v) is 3.78. The van der Waals surface area contributed by atoms with Crippen LogP contribution in [0.15, 0.2) is 24.5 Å². The van der Waals surface area contributed by atoms with E-state index in [1.54, 1.807) is 24.2 Å². The van der Waals surface area contributed by atoms with Gasteiger partial charge in [0.1, 0.15) is 0 Å². The molecule has 0 aromatic carbocycles. The summed E-state index contributed by atoms with van der Waals surface area (Å²) in [5.41, 5.74) is 1.00. The van der Waals surface area contributed by atoms with Crippen molar-refractivity contribution in [2.75, 3.05) is 6.61 Å². The third kappa shape index (κ3) is 3.53. The molecule has 0 radical (unpaired) electrons. The second kappa shape index (κ2) is 6.10. The zero-order valence-corrected chi connectivity index (χ0v) is 10.0. The van der Waals surface area contributed by atoms with Gasteiger partial charge in [-0.2, -0.15) is 0 Å². The largest absolute Gasteiger partial charge is 0.450 e. The Bertz CT molecular complexity index is 325. The van der Waals surface area contributed by atoms with E-state index >= 15 is 0 Å². The minimum Gasteiger partial charge on any atom is -0.450 e. The van der Waals surface area contributed by atoms with Crippen LogP contribution in [0.1, 0.15) is 26.3 Å². The normalized spacial score (nSPS) is 10.2. The van der Waals surface area contributed by atoms with Gasteiger partial charge in [0.25, 0.3) is 0 Å². The average Bonchev–Trinajstić information content (AvgIpc) is 2.27. The summed E-state index contributed by atoms with van der Waals surface area (Å²) in [5, 5.41) is 0. The SMILES string of the molecule is CCOC(=O)N(Cc1cccnc1)C(C)C. The van der Waals surface area contributed by atoms with Gasteiger partial charge in [0.05, 0.1) is 13.2 Å². The van der Waals surface area contributed by atoms with Gasteiger partial charge in [-0.25, -0.2) is 4.79 Å². The monoisotopic (exact) mass is 222 g/mol. The van der Waals surface area contributed by atoms with E-state index in [0.717, 1.165) is 5.56 Å². The quantitative estimate of drug-likeness (QED) is 0.785. The van der Waals surface area contributed by atoms with Crippen LogP contribution >= 0.6 is 0 Å². The Hall–Kier alpha value is -1.58. The molecule has 1 rings (SSSR count). The molecule has 88 valence electrons. The number of ether oxygens (including phenoxy) is 1. The fourth-order valence-corrected chi connectivity index (χ4v) is 1.35. The van der Waals surface area contributed by atoms with Crippen LogP contribution in [0.25, 0.3) is 0 Å². The van der Waals surface area contributed by atoms with Crippen molar-refractivity contribution >= 4 is 6.09 Å². The van der Waals surface area contributed by atoms with Crippen molar-refractivity contribution in [1.82, 2.24) is 9.88 Å². The first-order valence-electron chi connectivity index (χ1n) is 5.47. The molecule has 0 aliphatic carbocycles. The summed E-state index contributed by atoms with van der Waals surface area (Å²) >= 11 is 0. The third-order valence-electron chi connectivity index (χ3n) is 2.20. The van der Waals surface area contributed by atoms with Gasteiger partial charge in [0.15, 0.2) is 0 Å². The van der Waals surface area contributed by atoms with Gasteiger partial charge in [-0.1, -0.05) is 6.07 Å². The highest BCUT2D eigenvalue weighted by Crippen LogP contribution is 2.08. The highest BCUT2D eigenvalue weighted by Gasteiger charge is 2.18. The van der Waals surface area contributed by atoms with Crippen LogP contribution in [0, 0.1) is 0 Å².